The highest BCUT2D eigenvalue weighted by Gasteiger charge is 2.23. The van der Waals surface area contributed by atoms with Crippen LogP contribution in [0.25, 0.3) is 0 Å². The van der Waals surface area contributed by atoms with E-state index >= 15 is 0 Å². The van der Waals surface area contributed by atoms with Gasteiger partial charge in [0.25, 0.3) is 0 Å². The number of carbonyl (C=O) groups is 2. The van der Waals surface area contributed by atoms with Crippen LogP contribution >= 0.6 is 0 Å². The van der Waals surface area contributed by atoms with Crippen LogP contribution in [0.4, 0.5) is 10.5 Å². The minimum absolute atomic E-state index is 0.154. The van der Waals surface area contributed by atoms with Crippen molar-refractivity contribution in [1.29, 1.82) is 0 Å². The van der Waals surface area contributed by atoms with E-state index < -0.39 is 12.1 Å². The number of nitrogens with two attached hydrogens (primary N) is 1. The van der Waals surface area contributed by atoms with Crippen molar-refractivity contribution in [3.63, 3.8) is 0 Å². The summed E-state index contributed by atoms with van der Waals surface area (Å²) in [6.45, 7) is 4.53. The topological polar surface area (TPSA) is 93.4 Å². The molecule has 0 saturated heterocycles. The first kappa shape index (κ1) is 20.5. The summed E-state index contributed by atoms with van der Waals surface area (Å²) in [5.74, 6) is -0.0555. The van der Waals surface area contributed by atoms with E-state index in [1.807, 2.05) is 62.4 Å². The molecule has 0 aliphatic rings. The average molecular weight is 369 g/mol. The van der Waals surface area contributed by atoms with Crippen molar-refractivity contribution in [2.75, 3.05) is 5.32 Å². The summed E-state index contributed by atoms with van der Waals surface area (Å²) < 4.78 is 5.23. The van der Waals surface area contributed by atoms with Crippen molar-refractivity contribution in [1.82, 2.24) is 5.32 Å². The summed E-state index contributed by atoms with van der Waals surface area (Å²) in [5, 5.41) is 5.51. The smallest absolute Gasteiger partial charge is 0.408 e. The van der Waals surface area contributed by atoms with Crippen LogP contribution in [0.15, 0.2) is 54.6 Å². The molecule has 27 heavy (non-hydrogen) atoms. The summed E-state index contributed by atoms with van der Waals surface area (Å²) in [6, 6.07) is 16.0. The summed E-state index contributed by atoms with van der Waals surface area (Å²) in [7, 11) is 0. The van der Waals surface area contributed by atoms with Crippen molar-refractivity contribution in [2.24, 2.45) is 11.7 Å². The lowest BCUT2D eigenvalue weighted by atomic mass is 10.0. The molecule has 0 aromatic heterocycles. The van der Waals surface area contributed by atoms with Crippen molar-refractivity contribution in [3.05, 3.63) is 65.7 Å². The lowest BCUT2D eigenvalue weighted by Crippen LogP contribution is -2.44. The van der Waals surface area contributed by atoms with Crippen LogP contribution in [-0.2, 0) is 22.7 Å². The van der Waals surface area contributed by atoms with Crippen LogP contribution in [0.5, 0.6) is 0 Å². The number of benzene rings is 2. The zero-order valence-electron chi connectivity index (χ0n) is 15.8. The molecule has 6 heteroatoms. The van der Waals surface area contributed by atoms with Gasteiger partial charge in [0.15, 0.2) is 0 Å². The maximum Gasteiger partial charge on any atom is 0.408 e. The molecule has 2 rings (SSSR count). The van der Waals surface area contributed by atoms with Crippen LogP contribution in [0.1, 0.15) is 31.4 Å². The molecule has 0 bridgehead atoms. The predicted octanol–water partition coefficient (Wildman–Crippen LogP) is 3.42. The Morgan fingerprint density at radius 2 is 1.74 bits per heavy atom. The van der Waals surface area contributed by atoms with Gasteiger partial charge in [0.1, 0.15) is 12.6 Å². The summed E-state index contributed by atoms with van der Waals surface area (Å²) in [4.78, 5) is 24.8. The second-order valence-electron chi connectivity index (χ2n) is 6.78. The molecule has 0 fully saturated rings. The lowest BCUT2D eigenvalue weighted by Gasteiger charge is -2.20. The highest BCUT2D eigenvalue weighted by molar-refractivity contribution is 5.96. The third-order valence-corrected chi connectivity index (χ3v) is 3.96. The zero-order chi connectivity index (χ0) is 19.6. The van der Waals surface area contributed by atoms with Crippen LogP contribution in [-0.4, -0.2) is 18.0 Å². The highest BCUT2D eigenvalue weighted by atomic mass is 16.5. The Morgan fingerprint density at radius 1 is 1.04 bits per heavy atom. The number of amides is 2. The van der Waals surface area contributed by atoms with Crippen LogP contribution in [0.3, 0.4) is 0 Å². The van der Waals surface area contributed by atoms with E-state index in [-0.39, 0.29) is 18.4 Å². The molecule has 2 aromatic carbocycles. The Labute approximate surface area is 160 Å². The van der Waals surface area contributed by atoms with Crippen molar-refractivity contribution < 1.29 is 14.3 Å². The summed E-state index contributed by atoms with van der Waals surface area (Å²) in [6.07, 6.45) is -0.113. The molecule has 0 saturated carbocycles. The van der Waals surface area contributed by atoms with Crippen molar-refractivity contribution in [2.45, 2.75) is 39.5 Å². The number of hydrogen-bond donors (Lipinski definition) is 3. The fourth-order valence-corrected chi connectivity index (χ4v) is 2.62. The SMILES string of the molecule is CC(C)C[C@@H](NC(=O)OCc1ccccc1)C(=O)Nc1cccc(CN)c1. The Bertz CT molecular complexity index is 747. The molecule has 6 nitrogen and oxygen atoms in total. The molecule has 0 aliphatic carbocycles. The highest BCUT2D eigenvalue weighted by Crippen LogP contribution is 2.13. The second-order valence-corrected chi connectivity index (χ2v) is 6.78. The summed E-state index contributed by atoms with van der Waals surface area (Å²) in [5.41, 5.74) is 8.09. The molecule has 0 spiro atoms. The standard InChI is InChI=1S/C21H27N3O3/c1-15(2)11-19(20(25)23-18-10-6-9-17(12-18)13-22)24-21(26)27-14-16-7-4-3-5-8-16/h3-10,12,15,19H,11,13-14,22H2,1-2H3,(H,23,25)(H,24,26)/t19-/m1/s1. The quantitative estimate of drug-likeness (QED) is 0.664. The van der Waals surface area contributed by atoms with Gasteiger partial charge in [-0.05, 0) is 35.6 Å². The number of nitrogens with one attached hydrogen (secondary N) is 2. The van der Waals surface area contributed by atoms with Gasteiger partial charge in [-0.25, -0.2) is 4.79 Å². The minimum Gasteiger partial charge on any atom is -0.445 e. The van der Waals surface area contributed by atoms with E-state index in [0.717, 1.165) is 11.1 Å². The first-order valence-corrected chi connectivity index (χ1v) is 9.05. The third-order valence-electron chi connectivity index (χ3n) is 3.96. The largest absolute Gasteiger partial charge is 0.445 e. The number of ether oxygens (including phenoxy) is 1. The Balaban J connectivity index is 1.96. The van der Waals surface area contributed by atoms with Gasteiger partial charge in [-0.1, -0.05) is 56.3 Å². The molecule has 0 radical (unpaired) electrons. The van der Waals surface area contributed by atoms with Gasteiger partial charge < -0.3 is 21.1 Å². The van der Waals surface area contributed by atoms with Crippen molar-refractivity contribution in [3.8, 4) is 0 Å². The van der Waals surface area contributed by atoms with Gasteiger partial charge in [0, 0.05) is 12.2 Å². The van der Waals surface area contributed by atoms with Gasteiger partial charge in [0.2, 0.25) is 5.91 Å². The second kappa shape index (κ2) is 10.3. The Kier molecular flexibility index (Phi) is 7.82. The van der Waals surface area contributed by atoms with Crippen molar-refractivity contribution >= 4 is 17.7 Å². The maximum atomic E-state index is 12.6. The van der Waals surface area contributed by atoms with Crippen LogP contribution in [0.2, 0.25) is 0 Å². The summed E-state index contributed by atoms with van der Waals surface area (Å²) >= 11 is 0. The number of alkyl carbamates (subject to hydrolysis) is 1. The normalized spacial score (nSPS) is 11.7. The van der Waals surface area contributed by atoms with Gasteiger partial charge in [0.05, 0.1) is 0 Å². The molecule has 144 valence electrons. The molecular weight excluding hydrogens is 342 g/mol. The van der Waals surface area contributed by atoms with Gasteiger partial charge in [-0.2, -0.15) is 0 Å². The Hall–Kier alpha value is -2.86. The van der Waals surface area contributed by atoms with Gasteiger partial charge >= 0.3 is 6.09 Å². The number of carbonyl (C=O) groups excluding carboxylic acids is 2. The fourth-order valence-electron chi connectivity index (χ4n) is 2.62. The first-order valence-electron chi connectivity index (χ1n) is 9.05. The van der Waals surface area contributed by atoms with Crippen LogP contribution in [0, 0.1) is 5.92 Å². The Morgan fingerprint density at radius 3 is 2.41 bits per heavy atom. The third kappa shape index (κ3) is 7.11. The van der Waals surface area contributed by atoms with E-state index in [4.69, 9.17) is 10.5 Å². The predicted molar refractivity (Wildman–Crippen MR) is 106 cm³/mol. The molecule has 0 unspecified atom stereocenters. The molecule has 0 aliphatic heterocycles. The van der Waals surface area contributed by atoms with E-state index in [2.05, 4.69) is 10.6 Å². The monoisotopic (exact) mass is 369 g/mol. The molecule has 2 amide bonds. The first-order chi connectivity index (χ1) is 13.0. The molecule has 1 atom stereocenters. The van der Waals surface area contributed by atoms with E-state index in [1.54, 1.807) is 6.07 Å². The molecule has 0 heterocycles. The molecular formula is C21H27N3O3. The zero-order valence-corrected chi connectivity index (χ0v) is 15.8. The number of hydrogen-bond acceptors (Lipinski definition) is 4. The molecule has 4 N–H and O–H groups in total. The average Bonchev–Trinajstić information content (AvgIpc) is 2.66. The molecule has 2 aromatic rings. The minimum atomic E-state index is -0.685. The van der Waals surface area contributed by atoms with Gasteiger partial charge in [-0.3, -0.25) is 4.79 Å². The van der Waals surface area contributed by atoms with Gasteiger partial charge in [-0.15, -0.1) is 0 Å². The van der Waals surface area contributed by atoms with E-state index in [9.17, 15) is 9.59 Å². The number of rotatable bonds is 8. The van der Waals surface area contributed by atoms with E-state index in [1.165, 1.54) is 0 Å². The number of anilines is 1. The lowest BCUT2D eigenvalue weighted by molar-refractivity contribution is -0.118. The fraction of sp³-hybridized carbons (Fsp3) is 0.333. The van der Waals surface area contributed by atoms with E-state index in [0.29, 0.717) is 18.7 Å². The maximum absolute atomic E-state index is 12.6. The van der Waals surface area contributed by atoms with Crippen LogP contribution < -0.4 is 16.4 Å².